The van der Waals surface area contributed by atoms with Gasteiger partial charge < -0.3 is 15.2 Å². The van der Waals surface area contributed by atoms with E-state index in [9.17, 15) is 14.3 Å². The van der Waals surface area contributed by atoms with Crippen molar-refractivity contribution < 1.29 is 19.0 Å². The summed E-state index contributed by atoms with van der Waals surface area (Å²) in [5, 5.41) is 13.1. The minimum absolute atomic E-state index is 0.0207. The van der Waals surface area contributed by atoms with Gasteiger partial charge >= 0.3 is 5.97 Å². The number of anilines is 2. The van der Waals surface area contributed by atoms with Crippen molar-refractivity contribution in [2.45, 2.75) is 19.8 Å². The molecule has 134 valence electrons. The SMILES string of the molecule is CCCCOc1ccc(Nc2c(C(=O)O)cnc3cc(F)ccc23)cc1. The fraction of sp³-hybridized carbons (Fsp3) is 0.200. The van der Waals surface area contributed by atoms with E-state index in [2.05, 4.69) is 17.2 Å². The number of carboxylic acid groups (broad SMARTS) is 1. The van der Waals surface area contributed by atoms with Crippen LogP contribution >= 0.6 is 0 Å². The molecule has 0 spiro atoms. The van der Waals surface area contributed by atoms with Crippen LogP contribution in [0.2, 0.25) is 0 Å². The van der Waals surface area contributed by atoms with Crippen LogP contribution in [0.3, 0.4) is 0 Å². The number of halogens is 1. The Morgan fingerprint density at radius 2 is 2.00 bits per heavy atom. The number of hydrogen-bond donors (Lipinski definition) is 2. The first-order chi connectivity index (χ1) is 12.6. The first-order valence-corrected chi connectivity index (χ1v) is 8.40. The second-order valence-corrected chi connectivity index (χ2v) is 5.86. The van der Waals surface area contributed by atoms with E-state index in [4.69, 9.17) is 4.74 Å². The van der Waals surface area contributed by atoms with E-state index >= 15 is 0 Å². The van der Waals surface area contributed by atoms with Crippen LogP contribution in [-0.2, 0) is 0 Å². The average molecular weight is 354 g/mol. The molecular formula is C20H19FN2O3. The highest BCUT2D eigenvalue weighted by molar-refractivity contribution is 6.05. The lowest BCUT2D eigenvalue weighted by Gasteiger charge is -2.13. The molecule has 0 unspecified atom stereocenters. The zero-order chi connectivity index (χ0) is 18.5. The van der Waals surface area contributed by atoms with Crippen LogP contribution < -0.4 is 10.1 Å². The van der Waals surface area contributed by atoms with Crippen molar-refractivity contribution in [1.29, 1.82) is 0 Å². The van der Waals surface area contributed by atoms with Crippen LogP contribution in [-0.4, -0.2) is 22.7 Å². The lowest BCUT2D eigenvalue weighted by Crippen LogP contribution is -2.05. The molecular weight excluding hydrogens is 335 g/mol. The Labute approximate surface area is 150 Å². The molecule has 6 heteroatoms. The number of benzene rings is 2. The number of ether oxygens (including phenoxy) is 1. The molecule has 0 fully saturated rings. The summed E-state index contributed by atoms with van der Waals surface area (Å²) in [6.07, 6.45) is 3.28. The molecule has 0 aliphatic rings. The van der Waals surface area contributed by atoms with Gasteiger partial charge in [-0.2, -0.15) is 0 Å². The highest BCUT2D eigenvalue weighted by atomic mass is 19.1. The van der Waals surface area contributed by atoms with Gasteiger partial charge in [-0.3, -0.25) is 4.98 Å². The van der Waals surface area contributed by atoms with Gasteiger partial charge in [-0.15, -0.1) is 0 Å². The van der Waals surface area contributed by atoms with Crippen LogP contribution in [0, 0.1) is 5.82 Å². The molecule has 0 amide bonds. The first kappa shape index (κ1) is 17.7. The maximum atomic E-state index is 13.4. The van der Waals surface area contributed by atoms with Gasteiger partial charge in [0.05, 0.1) is 17.8 Å². The summed E-state index contributed by atoms with van der Waals surface area (Å²) in [4.78, 5) is 15.6. The van der Waals surface area contributed by atoms with Gasteiger partial charge in [0.25, 0.3) is 0 Å². The zero-order valence-electron chi connectivity index (χ0n) is 14.3. The second-order valence-electron chi connectivity index (χ2n) is 5.86. The molecule has 2 N–H and O–H groups in total. The van der Waals surface area contributed by atoms with Crippen LogP contribution in [0.4, 0.5) is 15.8 Å². The average Bonchev–Trinajstić information content (AvgIpc) is 2.63. The normalized spacial score (nSPS) is 10.7. The van der Waals surface area contributed by atoms with E-state index in [0.717, 1.165) is 18.6 Å². The molecule has 0 bridgehead atoms. The highest BCUT2D eigenvalue weighted by Gasteiger charge is 2.15. The summed E-state index contributed by atoms with van der Waals surface area (Å²) in [7, 11) is 0. The summed E-state index contributed by atoms with van der Waals surface area (Å²) in [6, 6.07) is 11.3. The lowest BCUT2D eigenvalue weighted by molar-refractivity contribution is 0.0697. The van der Waals surface area contributed by atoms with Gasteiger partial charge in [-0.25, -0.2) is 9.18 Å². The predicted molar refractivity (Wildman–Crippen MR) is 98.8 cm³/mol. The van der Waals surface area contributed by atoms with E-state index in [-0.39, 0.29) is 5.56 Å². The molecule has 1 heterocycles. The molecule has 2 aromatic carbocycles. The lowest BCUT2D eigenvalue weighted by atomic mass is 10.1. The third kappa shape index (κ3) is 3.91. The molecule has 0 aliphatic carbocycles. The topological polar surface area (TPSA) is 71.5 Å². The summed E-state index contributed by atoms with van der Waals surface area (Å²) in [6.45, 7) is 2.76. The van der Waals surface area contributed by atoms with Crippen LogP contribution in [0.5, 0.6) is 5.75 Å². The molecule has 26 heavy (non-hydrogen) atoms. The smallest absolute Gasteiger partial charge is 0.339 e. The number of fused-ring (bicyclic) bond motifs is 1. The molecule has 0 atom stereocenters. The maximum absolute atomic E-state index is 13.4. The van der Waals surface area contributed by atoms with Gasteiger partial charge in [0.2, 0.25) is 0 Å². The Bertz CT molecular complexity index is 926. The van der Waals surface area contributed by atoms with E-state index < -0.39 is 11.8 Å². The molecule has 3 aromatic rings. The molecule has 1 aromatic heterocycles. The number of carbonyl (C=O) groups is 1. The fourth-order valence-corrected chi connectivity index (χ4v) is 2.58. The first-order valence-electron chi connectivity index (χ1n) is 8.40. The zero-order valence-corrected chi connectivity index (χ0v) is 14.3. The monoisotopic (exact) mass is 354 g/mol. The van der Waals surface area contributed by atoms with Crippen LogP contribution in [0.15, 0.2) is 48.7 Å². The van der Waals surface area contributed by atoms with Crippen molar-refractivity contribution in [3.05, 3.63) is 60.0 Å². The van der Waals surface area contributed by atoms with Gasteiger partial charge in [-0.05, 0) is 42.8 Å². The van der Waals surface area contributed by atoms with Gasteiger partial charge in [0.15, 0.2) is 0 Å². The number of pyridine rings is 1. The Hall–Kier alpha value is -3.15. The molecule has 0 saturated heterocycles. The second kappa shape index (κ2) is 7.82. The van der Waals surface area contributed by atoms with Crippen LogP contribution in [0.25, 0.3) is 10.9 Å². The largest absolute Gasteiger partial charge is 0.494 e. The van der Waals surface area contributed by atoms with E-state index in [1.807, 2.05) is 24.3 Å². The molecule has 0 saturated carbocycles. The molecule has 3 rings (SSSR count). The third-order valence-electron chi connectivity index (χ3n) is 3.95. The van der Waals surface area contributed by atoms with Gasteiger partial charge in [0, 0.05) is 23.3 Å². The number of carboxylic acids is 1. The fourth-order valence-electron chi connectivity index (χ4n) is 2.58. The summed E-state index contributed by atoms with van der Waals surface area (Å²) in [5.41, 5.74) is 1.48. The van der Waals surface area contributed by atoms with E-state index in [0.29, 0.717) is 28.9 Å². The number of hydrogen-bond acceptors (Lipinski definition) is 4. The number of unbranched alkanes of at least 4 members (excludes halogenated alkanes) is 1. The quantitative estimate of drug-likeness (QED) is 0.585. The summed E-state index contributed by atoms with van der Waals surface area (Å²) in [5.74, 6) is -0.775. The van der Waals surface area contributed by atoms with Crippen molar-refractivity contribution in [1.82, 2.24) is 4.98 Å². The number of nitrogens with one attached hydrogen (secondary N) is 1. The summed E-state index contributed by atoms with van der Waals surface area (Å²) < 4.78 is 19.1. The van der Waals surface area contributed by atoms with Crippen molar-refractivity contribution in [3.63, 3.8) is 0 Å². The number of rotatable bonds is 7. The predicted octanol–water partition coefficient (Wildman–Crippen LogP) is 4.99. The van der Waals surface area contributed by atoms with Crippen molar-refractivity contribution in [3.8, 4) is 5.75 Å². The molecule has 0 aliphatic heterocycles. The minimum atomic E-state index is -1.11. The highest BCUT2D eigenvalue weighted by Crippen LogP contribution is 2.30. The van der Waals surface area contributed by atoms with E-state index in [1.165, 1.54) is 24.4 Å². The number of aromatic nitrogens is 1. The third-order valence-corrected chi connectivity index (χ3v) is 3.95. The van der Waals surface area contributed by atoms with Crippen molar-refractivity contribution >= 4 is 28.2 Å². The summed E-state index contributed by atoms with van der Waals surface area (Å²) >= 11 is 0. The molecule has 0 radical (unpaired) electrons. The van der Waals surface area contributed by atoms with Gasteiger partial charge in [0.1, 0.15) is 17.1 Å². The van der Waals surface area contributed by atoms with Crippen LogP contribution in [0.1, 0.15) is 30.1 Å². The molecule has 5 nitrogen and oxygen atoms in total. The van der Waals surface area contributed by atoms with Crippen molar-refractivity contribution in [2.75, 3.05) is 11.9 Å². The standard InChI is InChI=1S/C20H19FN2O3/c1-2-3-10-26-15-7-5-14(6-8-15)23-19-16-9-4-13(21)11-18(16)22-12-17(19)20(24)25/h4-9,11-12H,2-3,10H2,1H3,(H,22,23)(H,24,25). The Kier molecular flexibility index (Phi) is 5.31. The minimum Gasteiger partial charge on any atom is -0.494 e. The van der Waals surface area contributed by atoms with Crippen molar-refractivity contribution in [2.24, 2.45) is 0 Å². The van der Waals surface area contributed by atoms with E-state index in [1.54, 1.807) is 0 Å². The maximum Gasteiger partial charge on any atom is 0.339 e. The Balaban J connectivity index is 1.92. The Morgan fingerprint density at radius 3 is 2.69 bits per heavy atom. The number of aromatic carboxylic acids is 1. The number of nitrogens with zero attached hydrogens (tertiary/aromatic N) is 1. The Morgan fingerprint density at radius 1 is 1.23 bits per heavy atom. The van der Waals surface area contributed by atoms with Gasteiger partial charge in [-0.1, -0.05) is 13.3 Å².